The minimum Gasteiger partial charge on any atom is -0.495 e. The van der Waals surface area contributed by atoms with Crippen LogP contribution < -0.4 is 10.1 Å². The summed E-state index contributed by atoms with van der Waals surface area (Å²) in [6.45, 7) is 4.95. The summed E-state index contributed by atoms with van der Waals surface area (Å²) in [6, 6.07) is 4.05. The molecule has 0 aliphatic carbocycles. The molecule has 2 aliphatic rings. The standard InChI is InChI=1S/C17H22N2O2/c1-4-5-15(20)19-9-8-12-10-13-11(2)6-7-14(21-3)16(13)18-17(12)19/h6-7,10,17-18H,4-5,8-9H2,1-3H3. The van der Waals surface area contributed by atoms with Crippen LogP contribution in [0.5, 0.6) is 5.75 Å². The topological polar surface area (TPSA) is 41.6 Å². The number of likely N-dealkylation sites (tertiary alicyclic amines) is 1. The molecule has 1 aromatic rings. The van der Waals surface area contributed by atoms with E-state index in [-0.39, 0.29) is 12.1 Å². The Morgan fingerprint density at radius 3 is 3.00 bits per heavy atom. The van der Waals surface area contributed by atoms with Crippen molar-refractivity contribution in [3.05, 3.63) is 28.8 Å². The molecule has 1 amide bonds. The molecule has 1 fully saturated rings. The number of amides is 1. The second kappa shape index (κ2) is 5.43. The molecule has 21 heavy (non-hydrogen) atoms. The maximum absolute atomic E-state index is 12.3. The zero-order valence-electron chi connectivity index (χ0n) is 12.9. The average molecular weight is 286 g/mol. The highest BCUT2D eigenvalue weighted by molar-refractivity contribution is 5.84. The fourth-order valence-corrected chi connectivity index (χ4v) is 3.19. The summed E-state index contributed by atoms with van der Waals surface area (Å²) in [5.74, 6) is 1.06. The lowest BCUT2D eigenvalue weighted by atomic mass is 9.97. The molecule has 3 rings (SSSR count). The van der Waals surface area contributed by atoms with E-state index in [1.54, 1.807) is 7.11 Å². The summed E-state index contributed by atoms with van der Waals surface area (Å²) >= 11 is 0. The first-order chi connectivity index (χ1) is 10.2. The molecule has 0 bridgehead atoms. The predicted octanol–water partition coefficient (Wildman–Crippen LogP) is 3.17. The molecule has 1 aromatic carbocycles. The van der Waals surface area contributed by atoms with E-state index >= 15 is 0 Å². The van der Waals surface area contributed by atoms with Crippen LogP contribution in [-0.2, 0) is 4.79 Å². The molecule has 0 aromatic heterocycles. The third-order valence-corrected chi connectivity index (χ3v) is 4.34. The van der Waals surface area contributed by atoms with Crippen molar-refractivity contribution in [3.63, 3.8) is 0 Å². The van der Waals surface area contributed by atoms with E-state index in [0.717, 1.165) is 30.8 Å². The maximum atomic E-state index is 12.3. The van der Waals surface area contributed by atoms with Crippen molar-refractivity contribution < 1.29 is 9.53 Å². The number of methoxy groups -OCH3 is 1. The average Bonchev–Trinajstić information content (AvgIpc) is 2.89. The third kappa shape index (κ3) is 2.28. The molecule has 2 aliphatic heterocycles. The van der Waals surface area contributed by atoms with E-state index in [9.17, 15) is 4.79 Å². The maximum Gasteiger partial charge on any atom is 0.224 e. The van der Waals surface area contributed by atoms with Gasteiger partial charge in [-0.25, -0.2) is 0 Å². The van der Waals surface area contributed by atoms with E-state index in [0.29, 0.717) is 6.42 Å². The summed E-state index contributed by atoms with van der Waals surface area (Å²) in [5, 5.41) is 3.52. The Labute approximate surface area is 125 Å². The number of ether oxygens (including phenoxy) is 1. The molecular weight excluding hydrogens is 264 g/mol. The van der Waals surface area contributed by atoms with Gasteiger partial charge in [-0.05, 0) is 43.0 Å². The molecule has 4 heteroatoms. The molecule has 1 N–H and O–H groups in total. The number of benzene rings is 1. The van der Waals surface area contributed by atoms with Crippen LogP contribution in [0.15, 0.2) is 17.7 Å². The quantitative estimate of drug-likeness (QED) is 0.928. The largest absolute Gasteiger partial charge is 0.495 e. The molecule has 1 saturated heterocycles. The molecule has 0 saturated carbocycles. The smallest absolute Gasteiger partial charge is 0.224 e. The van der Waals surface area contributed by atoms with Gasteiger partial charge < -0.3 is 15.0 Å². The van der Waals surface area contributed by atoms with Crippen LogP contribution in [-0.4, -0.2) is 30.6 Å². The minimum atomic E-state index is -0.00718. The SMILES string of the molecule is CCCC(=O)N1CCC2=Cc3c(C)ccc(OC)c3NC21. The van der Waals surface area contributed by atoms with Gasteiger partial charge in [0.15, 0.2) is 0 Å². The summed E-state index contributed by atoms with van der Waals surface area (Å²) in [5.41, 5.74) is 4.71. The fraction of sp³-hybridized carbons (Fsp3) is 0.471. The summed E-state index contributed by atoms with van der Waals surface area (Å²) in [4.78, 5) is 14.2. The number of hydrogen-bond acceptors (Lipinski definition) is 3. The highest BCUT2D eigenvalue weighted by Gasteiger charge is 2.35. The predicted molar refractivity (Wildman–Crippen MR) is 84.4 cm³/mol. The van der Waals surface area contributed by atoms with Gasteiger partial charge >= 0.3 is 0 Å². The van der Waals surface area contributed by atoms with E-state index in [4.69, 9.17) is 4.74 Å². The van der Waals surface area contributed by atoms with Gasteiger partial charge in [0.25, 0.3) is 0 Å². The van der Waals surface area contributed by atoms with E-state index in [1.165, 1.54) is 16.7 Å². The number of nitrogens with zero attached hydrogens (tertiary/aromatic N) is 1. The first-order valence-corrected chi connectivity index (χ1v) is 7.59. The van der Waals surface area contributed by atoms with Crippen LogP contribution >= 0.6 is 0 Å². The summed E-state index contributed by atoms with van der Waals surface area (Å²) in [7, 11) is 1.68. The van der Waals surface area contributed by atoms with Gasteiger partial charge in [0.05, 0.1) is 12.8 Å². The van der Waals surface area contributed by atoms with Crippen LogP contribution in [0.3, 0.4) is 0 Å². The summed E-state index contributed by atoms with van der Waals surface area (Å²) < 4.78 is 5.46. The highest BCUT2D eigenvalue weighted by atomic mass is 16.5. The minimum absolute atomic E-state index is 0.00718. The van der Waals surface area contributed by atoms with Crippen molar-refractivity contribution in [3.8, 4) is 5.75 Å². The normalized spacial score (nSPS) is 19.5. The van der Waals surface area contributed by atoms with Crippen molar-refractivity contribution in [1.29, 1.82) is 0 Å². The number of anilines is 1. The molecule has 2 heterocycles. The van der Waals surface area contributed by atoms with Crippen molar-refractivity contribution >= 4 is 17.7 Å². The van der Waals surface area contributed by atoms with Crippen molar-refractivity contribution in [2.75, 3.05) is 19.0 Å². The Morgan fingerprint density at radius 2 is 2.29 bits per heavy atom. The molecule has 0 spiro atoms. The van der Waals surface area contributed by atoms with Gasteiger partial charge in [-0.1, -0.05) is 13.0 Å². The lowest BCUT2D eigenvalue weighted by Gasteiger charge is -2.31. The zero-order valence-corrected chi connectivity index (χ0v) is 12.9. The van der Waals surface area contributed by atoms with Gasteiger partial charge in [-0.3, -0.25) is 4.79 Å². The molecule has 4 nitrogen and oxygen atoms in total. The van der Waals surface area contributed by atoms with Crippen molar-refractivity contribution in [1.82, 2.24) is 4.90 Å². The van der Waals surface area contributed by atoms with E-state index in [2.05, 4.69) is 24.4 Å². The second-order valence-corrected chi connectivity index (χ2v) is 5.73. The van der Waals surface area contributed by atoms with E-state index in [1.807, 2.05) is 17.9 Å². The molecule has 112 valence electrons. The number of rotatable bonds is 3. The van der Waals surface area contributed by atoms with Crippen LogP contribution in [0.1, 0.15) is 37.3 Å². The van der Waals surface area contributed by atoms with Gasteiger partial charge in [0, 0.05) is 18.5 Å². The number of hydrogen-bond donors (Lipinski definition) is 1. The van der Waals surface area contributed by atoms with Crippen LogP contribution in [0.4, 0.5) is 5.69 Å². The molecular formula is C17H22N2O2. The molecule has 1 atom stereocenters. The third-order valence-electron chi connectivity index (χ3n) is 4.34. The number of carbonyl (C=O) groups is 1. The number of aryl methyl sites for hydroxylation is 1. The Balaban J connectivity index is 1.97. The Kier molecular flexibility index (Phi) is 3.62. The first-order valence-electron chi connectivity index (χ1n) is 7.59. The molecule has 0 radical (unpaired) electrons. The Hall–Kier alpha value is -1.97. The lowest BCUT2D eigenvalue weighted by molar-refractivity contribution is -0.131. The van der Waals surface area contributed by atoms with E-state index < -0.39 is 0 Å². The van der Waals surface area contributed by atoms with Gasteiger partial charge in [0.1, 0.15) is 11.9 Å². The Bertz CT molecular complexity index is 607. The number of fused-ring (bicyclic) bond motifs is 2. The van der Waals surface area contributed by atoms with Gasteiger partial charge in [-0.15, -0.1) is 0 Å². The van der Waals surface area contributed by atoms with Gasteiger partial charge in [-0.2, -0.15) is 0 Å². The van der Waals surface area contributed by atoms with Crippen LogP contribution in [0, 0.1) is 6.92 Å². The van der Waals surface area contributed by atoms with Crippen molar-refractivity contribution in [2.45, 2.75) is 39.3 Å². The monoisotopic (exact) mass is 286 g/mol. The first kappa shape index (κ1) is 14.0. The zero-order chi connectivity index (χ0) is 15.0. The number of carbonyl (C=O) groups excluding carboxylic acids is 1. The number of nitrogens with one attached hydrogen (secondary N) is 1. The summed E-state index contributed by atoms with van der Waals surface area (Å²) in [6.07, 6.45) is 4.67. The Morgan fingerprint density at radius 1 is 1.48 bits per heavy atom. The van der Waals surface area contributed by atoms with Crippen LogP contribution in [0.25, 0.3) is 6.08 Å². The lowest BCUT2D eigenvalue weighted by Crippen LogP contribution is -2.41. The second-order valence-electron chi connectivity index (χ2n) is 5.73. The van der Waals surface area contributed by atoms with Gasteiger partial charge in [0.2, 0.25) is 5.91 Å². The van der Waals surface area contributed by atoms with Crippen LogP contribution in [0.2, 0.25) is 0 Å². The fourth-order valence-electron chi connectivity index (χ4n) is 3.19. The van der Waals surface area contributed by atoms with Crippen molar-refractivity contribution in [2.24, 2.45) is 0 Å². The molecule has 1 unspecified atom stereocenters. The highest BCUT2D eigenvalue weighted by Crippen LogP contribution is 2.40.